The molecule has 4 nitrogen and oxygen atoms in total. The zero-order valence-electron chi connectivity index (χ0n) is 25.2. The predicted molar refractivity (Wildman–Crippen MR) is 174 cm³/mol. The Bertz CT molecular complexity index is 1500. The molecule has 44 heavy (non-hydrogen) atoms. The molecule has 0 N–H and O–H groups in total. The summed E-state index contributed by atoms with van der Waals surface area (Å²) in [6.07, 6.45) is 0. The average molecular weight is 587 g/mol. The van der Waals surface area contributed by atoms with Gasteiger partial charge in [0.25, 0.3) is 0 Å². The summed E-state index contributed by atoms with van der Waals surface area (Å²) < 4.78 is 21.0. The molecule has 0 heterocycles. The molecule has 1 atom stereocenters. The number of benzene rings is 5. The Kier molecular flexibility index (Phi) is 10.7. The summed E-state index contributed by atoms with van der Waals surface area (Å²) in [4.78, 5) is 19.1. The highest BCUT2D eigenvalue weighted by molar-refractivity contribution is 5.83. The van der Waals surface area contributed by atoms with Gasteiger partial charge in [0, 0.05) is 32.7 Å². The van der Waals surface area contributed by atoms with Gasteiger partial charge in [-0.25, -0.2) is 9.18 Å². The second-order valence-corrected chi connectivity index (χ2v) is 11.0. The topological polar surface area (TPSA) is 32.8 Å². The zero-order valence-corrected chi connectivity index (χ0v) is 25.2. The Labute approximate surface area is 260 Å². The monoisotopic (exact) mass is 586 g/mol. The van der Waals surface area contributed by atoms with E-state index in [9.17, 15) is 4.79 Å². The molecule has 5 heteroatoms. The molecule has 5 aromatic rings. The Morgan fingerprint density at radius 1 is 0.614 bits per heavy atom. The number of hydrogen-bond donors (Lipinski definition) is 0. The van der Waals surface area contributed by atoms with Gasteiger partial charge in [-0.2, -0.15) is 0 Å². The minimum atomic E-state index is -1.34. The van der Waals surface area contributed by atoms with Crippen LogP contribution in [0.3, 0.4) is 0 Å². The van der Waals surface area contributed by atoms with Gasteiger partial charge >= 0.3 is 5.97 Å². The summed E-state index contributed by atoms with van der Waals surface area (Å²) in [7, 11) is 0. The van der Waals surface area contributed by atoms with Gasteiger partial charge in [-0.3, -0.25) is 9.80 Å². The fourth-order valence-electron chi connectivity index (χ4n) is 5.79. The first-order valence-electron chi connectivity index (χ1n) is 15.1. The largest absolute Gasteiger partial charge is 0.464 e. The van der Waals surface area contributed by atoms with Crippen LogP contribution in [0.2, 0.25) is 0 Å². The number of carbonyl (C=O) groups is 1. The SMILES string of the molecule is CCOC(=O)C(CN(Cc1ccccc1)Cc1ccccc1)(c1cccc(F)c1)N(Cc1ccccc1)Cc1ccccc1. The number of carbonyl (C=O) groups excluding carboxylic acids is 1. The van der Waals surface area contributed by atoms with E-state index < -0.39 is 17.3 Å². The van der Waals surface area contributed by atoms with Crippen molar-refractivity contribution in [2.24, 2.45) is 0 Å². The van der Waals surface area contributed by atoms with Gasteiger partial charge in [0.1, 0.15) is 5.82 Å². The maximum atomic E-state index is 15.1. The van der Waals surface area contributed by atoms with Gasteiger partial charge in [0.2, 0.25) is 0 Å². The lowest BCUT2D eigenvalue weighted by Crippen LogP contribution is -2.58. The second-order valence-electron chi connectivity index (χ2n) is 11.0. The standard InChI is InChI=1S/C39H39FN2O2/c1-2-44-38(43)39(36-24-15-25-37(40)26-36,42(29-34-20-11-5-12-21-34)30-35-22-13-6-14-23-35)31-41(27-32-16-7-3-8-17-32)28-33-18-9-4-10-19-33/h3-26H,2,27-31H2,1H3. The molecule has 0 fully saturated rings. The van der Waals surface area contributed by atoms with Crippen LogP contribution in [0.1, 0.15) is 34.7 Å². The molecule has 0 aromatic heterocycles. The fraction of sp³-hybridized carbons (Fsp3) is 0.205. The molecule has 1 unspecified atom stereocenters. The third-order valence-corrected chi connectivity index (χ3v) is 7.84. The van der Waals surface area contributed by atoms with E-state index in [1.54, 1.807) is 6.07 Å². The van der Waals surface area contributed by atoms with Crippen LogP contribution in [0.15, 0.2) is 146 Å². The van der Waals surface area contributed by atoms with Gasteiger partial charge in [0.05, 0.1) is 6.61 Å². The quantitative estimate of drug-likeness (QED) is 0.124. The molecule has 224 valence electrons. The number of ether oxygens (including phenoxy) is 1. The molecule has 5 rings (SSSR count). The van der Waals surface area contributed by atoms with Crippen molar-refractivity contribution in [1.82, 2.24) is 9.80 Å². The molecule has 0 spiro atoms. The van der Waals surface area contributed by atoms with E-state index >= 15 is 4.39 Å². The first-order chi connectivity index (χ1) is 21.6. The molecule has 0 saturated carbocycles. The van der Waals surface area contributed by atoms with E-state index in [1.807, 2.05) is 85.8 Å². The minimum absolute atomic E-state index is 0.206. The van der Waals surface area contributed by atoms with Gasteiger partial charge in [-0.15, -0.1) is 0 Å². The van der Waals surface area contributed by atoms with Crippen LogP contribution >= 0.6 is 0 Å². The molecule has 0 aliphatic heterocycles. The zero-order chi connectivity index (χ0) is 30.6. The van der Waals surface area contributed by atoms with Crippen molar-refractivity contribution < 1.29 is 13.9 Å². The first-order valence-corrected chi connectivity index (χ1v) is 15.1. The van der Waals surface area contributed by atoms with Crippen molar-refractivity contribution in [3.8, 4) is 0 Å². The molecule has 0 bridgehead atoms. The lowest BCUT2D eigenvalue weighted by molar-refractivity contribution is -0.162. The van der Waals surface area contributed by atoms with Gasteiger partial charge in [-0.05, 0) is 46.9 Å². The normalized spacial score (nSPS) is 12.6. The van der Waals surface area contributed by atoms with E-state index in [4.69, 9.17) is 4.74 Å². The van der Waals surface area contributed by atoms with Crippen LogP contribution in [0.4, 0.5) is 4.39 Å². The summed E-state index contributed by atoms with van der Waals surface area (Å²) >= 11 is 0. The fourth-order valence-corrected chi connectivity index (χ4v) is 5.79. The van der Waals surface area contributed by atoms with Crippen molar-refractivity contribution in [2.75, 3.05) is 13.2 Å². The average Bonchev–Trinajstić information content (AvgIpc) is 3.05. The van der Waals surface area contributed by atoms with Gasteiger partial charge in [-0.1, -0.05) is 133 Å². The maximum absolute atomic E-state index is 15.1. The van der Waals surface area contributed by atoms with Gasteiger partial charge < -0.3 is 4.74 Å². The Balaban J connectivity index is 1.69. The first kappa shape index (κ1) is 30.9. The Morgan fingerprint density at radius 2 is 1.05 bits per heavy atom. The third-order valence-electron chi connectivity index (χ3n) is 7.84. The van der Waals surface area contributed by atoms with Crippen LogP contribution in [0, 0.1) is 5.82 Å². The second kappa shape index (κ2) is 15.2. The summed E-state index contributed by atoms with van der Waals surface area (Å²) in [5, 5.41) is 0. The lowest BCUT2D eigenvalue weighted by Gasteiger charge is -2.45. The van der Waals surface area contributed by atoms with E-state index in [-0.39, 0.29) is 13.2 Å². The lowest BCUT2D eigenvalue weighted by atomic mass is 9.85. The highest BCUT2D eigenvalue weighted by atomic mass is 19.1. The third kappa shape index (κ3) is 7.87. The number of halogens is 1. The van der Waals surface area contributed by atoms with Crippen molar-refractivity contribution >= 4 is 5.97 Å². The molecule has 0 aliphatic rings. The smallest absolute Gasteiger partial charge is 0.332 e. The summed E-state index contributed by atoms with van der Waals surface area (Å²) in [6.45, 7) is 4.40. The van der Waals surface area contributed by atoms with E-state index in [0.717, 1.165) is 22.3 Å². The van der Waals surface area contributed by atoms with Crippen LogP contribution in [0.5, 0.6) is 0 Å². The molecule has 5 aromatic carbocycles. The summed E-state index contributed by atoms with van der Waals surface area (Å²) in [6, 6.07) is 47.1. The van der Waals surface area contributed by atoms with Gasteiger partial charge in [0.15, 0.2) is 5.54 Å². The molecule has 0 radical (unpaired) electrons. The summed E-state index contributed by atoms with van der Waals surface area (Å²) in [5.74, 6) is -0.795. The van der Waals surface area contributed by atoms with Crippen LogP contribution in [-0.4, -0.2) is 28.9 Å². The number of rotatable bonds is 14. The van der Waals surface area contributed by atoms with E-state index in [0.29, 0.717) is 31.7 Å². The minimum Gasteiger partial charge on any atom is -0.464 e. The molecule has 0 amide bonds. The van der Waals surface area contributed by atoms with Crippen molar-refractivity contribution in [2.45, 2.75) is 38.6 Å². The highest BCUT2D eigenvalue weighted by Gasteiger charge is 2.48. The predicted octanol–water partition coefficient (Wildman–Crippen LogP) is 7.99. The van der Waals surface area contributed by atoms with Crippen molar-refractivity contribution in [3.05, 3.63) is 179 Å². The maximum Gasteiger partial charge on any atom is 0.332 e. The molecule has 0 aliphatic carbocycles. The van der Waals surface area contributed by atoms with Crippen LogP contribution < -0.4 is 0 Å². The van der Waals surface area contributed by atoms with E-state index in [2.05, 4.69) is 58.3 Å². The summed E-state index contributed by atoms with van der Waals surface area (Å²) in [5.41, 5.74) is 3.57. The molecular weight excluding hydrogens is 547 g/mol. The number of nitrogens with zero attached hydrogens (tertiary/aromatic N) is 2. The van der Waals surface area contributed by atoms with Crippen LogP contribution in [-0.2, 0) is 41.2 Å². The van der Waals surface area contributed by atoms with Crippen molar-refractivity contribution in [3.63, 3.8) is 0 Å². The molecular formula is C39H39FN2O2. The Morgan fingerprint density at radius 3 is 1.45 bits per heavy atom. The number of hydrogen-bond acceptors (Lipinski definition) is 4. The molecule has 0 saturated heterocycles. The van der Waals surface area contributed by atoms with Crippen LogP contribution in [0.25, 0.3) is 0 Å². The highest BCUT2D eigenvalue weighted by Crippen LogP contribution is 2.36. The Hall–Kier alpha value is -4.58. The van der Waals surface area contributed by atoms with E-state index in [1.165, 1.54) is 12.1 Å². The van der Waals surface area contributed by atoms with Crippen molar-refractivity contribution in [1.29, 1.82) is 0 Å². The number of esters is 1.